The lowest BCUT2D eigenvalue weighted by molar-refractivity contribution is 0.0895. The van der Waals surface area contributed by atoms with Gasteiger partial charge in [-0.1, -0.05) is 40.2 Å². The van der Waals surface area contributed by atoms with Crippen molar-refractivity contribution in [3.63, 3.8) is 0 Å². The number of hydrogen-bond donors (Lipinski definition) is 0. The normalized spacial score (nSPS) is 39.8. The molecule has 0 bridgehead atoms. The van der Waals surface area contributed by atoms with Crippen LogP contribution in [0, 0.1) is 29.6 Å². The van der Waals surface area contributed by atoms with E-state index in [1.54, 1.807) is 0 Å². The molecule has 19 heavy (non-hydrogen) atoms. The standard InChI is InChI=1S/C18H32O/c1-13-6-5-7-17(10-13)12-19-16(4)18-9-8-14(2)15(3)11-18/h13-15,17-18H,4-12H2,1-3H3. The van der Waals surface area contributed by atoms with E-state index in [-0.39, 0.29) is 0 Å². The summed E-state index contributed by atoms with van der Waals surface area (Å²) in [6, 6.07) is 0. The molecule has 0 heterocycles. The van der Waals surface area contributed by atoms with Gasteiger partial charge in [-0.05, 0) is 55.8 Å². The van der Waals surface area contributed by atoms with E-state index in [1.165, 1.54) is 44.9 Å². The van der Waals surface area contributed by atoms with E-state index in [4.69, 9.17) is 4.74 Å². The molecule has 0 aromatic rings. The molecular weight excluding hydrogens is 232 g/mol. The number of allylic oxidation sites excluding steroid dienone is 1. The first-order valence-corrected chi connectivity index (χ1v) is 8.37. The van der Waals surface area contributed by atoms with Crippen molar-refractivity contribution in [1.82, 2.24) is 0 Å². The van der Waals surface area contributed by atoms with Gasteiger partial charge in [0.05, 0.1) is 12.4 Å². The summed E-state index contributed by atoms with van der Waals surface area (Å²) in [7, 11) is 0. The van der Waals surface area contributed by atoms with Crippen LogP contribution < -0.4 is 0 Å². The van der Waals surface area contributed by atoms with Crippen LogP contribution in [0.1, 0.15) is 65.7 Å². The Morgan fingerprint density at radius 3 is 2.47 bits per heavy atom. The fourth-order valence-electron chi connectivity index (χ4n) is 3.89. The van der Waals surface area contributed by atoms with Gasteiger partial charge in [0.2, 0.25) is 0 Å². The van der Waals surface area contributed by atoms with Gasteiger partial charge in [0.25, 0.3) is 0 Å². The lowest BCUT2D eigenvalue weighted by Crippen LogP contribution is -2.24. The third kappa shape index (κ3) is 4.26. The molecule has 0 amide bonds. The minimum absolute atomic E-state index is 0.618. The SMILES string of the molecule is C=C(OCC1CCCC(C)C1)C1CCC(C)C(C)C1. The van der Waals surface area contributed by atoms with Gasteiger partial charge in [-0.25, -0.2) is 0 Å². The zero-order valence-corrected chi connectivity index (χ0v) is 13.2. The van der Waals surface area contributed by atoms with Gasteiger partial charge in [-0.2, -0.15) is 0 Å². The van der Waals surface area contributed by atoms with Crippen LogP contribution in [-0.2, 0) is 4.74 Å². The van der Waals surface area contributed by atoms with E-state index in [0.717, 1.165) is 36.0 Å². The minimum Gasteiger partial charge on any atom is -0.498 e. The molecule has 2 fully saturated rings. The maximum absolute atomic E-state index is 6.06. The molecule has 5 atom stereocenters. The molecule has 2 saturated carbocycles. The van der Waals surface area contributed by atoms with Crippen LogP contribution in [0.2, 0.25) is 0 Å². The fourth-order valence-corrected chi connectivity index (χ4v) is 3.89. The molecule has 1 heteroatoms. The molecule has 0 aliphatic heterocycles. The molecular formula is C18H32O. The maximum atomic E-state index is 6.06. The van der Waals surface area contributed by atoms with Crippen LogP contribution in [0.4, 0.5) is 0 Å². The first-order chi connectivity index (χ1) is 9.06. The Bertz CT molecular complexity index is 296. The largest absolute Gasteiger partial charge is 0.498 e. The molecule has 0 N–H and O–H groups in total. The van der Waals surface area contributed by atoms with E-state index in [2.05, 4.69) is 27.4 Å². The van der Waals surface area contributed by atoms with Gasteiger partial charge in [-0.3, -0.25) is 0 Å². The second kappa shape index (κ2) is 6.81. The smallest absolute Gasteiger partial charge is 0.0919 e. The van der Waals surface area contributed by atoms with Crippen molar-refractivity contribution < 1.29 is 4.74 Å². The van der Waals surface area contributed by atoms with Crippen molar-refractivity contribution in [3.05, 3.63) is 12.3 Å². The number of rotatable bonds is 4. The second-order valence-corrected chi connectivity index (χ2v) is 7.38. The number of ether oxygens (including phenoxy) is 1. The summed E-state index contributed by atoms with van der Waals surface area (Å²) in [5, 5.41) is 0. The van der Waals surface area contributed by atoms with Crippen LogP contribution in [0.15, 0.2) is 12.3 Å². The van der Waals surface area contributed by atoms with Gasteiger partial charge in [0.1, 0.15) is 0 Å². The van der Waals surface area contributed by atoms with Gasteiger partial charge in [0.15, 0.2) is 0 Å². The highest BCUT2D eigenvalue weighted by Crippen LogP contribution is 2.37. The lowest BCUT2D eigenvalue weighted by Gasteiger charge is -2.34. The zero-order valence-electron chi connectivity index (χ0n) is 13.2. The molecule has 0 radical (unpaired) electrons. The topological polar surface area (TPSA) is 9.23 Å². The van der Waals surface area contributed by atoms with Crippen LogP contribution in [0.3, 0.4) is 0 Å². The van der Waals surface area contributed by atoms with Gasteiger partial charge in [-0.15, -0.1) is 0 Å². The second-order valence-electron chi connectivity index (χ2n) is 7.38. The highest BCUT2D eigenvalue weighted by molar-refractivity contribution is 4.95. The summed E-state index contributed by atoms with van der Waals surface area (Å²) in [5.41, 5.74) is 0. The Hall–Kier alpha value is -0.460. The Morgan fingerprint density at radius 1 is 1.00 bits per heavy atom. The zero-order chi connectivity index (χ0) is 13.8. The molecule has 0 spiro atoms. The predicted octanol–water partition coefficient (Wildman–Crippen LogP) is 5.42. The average molecular weight is 264 g/mol. The Balaban J connectivity index is 1.72. The first-order valence-electron chi connectivity index (χ1n) is 8.37. The van der Waals surface area contributed by atoms with Crippen LogP contribution in [0.5, 0.6) is 0 Å². The maximum Gasteiger partial charge on any atom is 0.0919 e. The van der Waals surface area contributed by atoms with E-state index in [1.807, 2.05) is 0 Å². The van der Waals surface area contributed by atoms with Gasteiger partial charge < -0.3 is 4.74 Å². The van der Waals surface area contributed by atoms with Gasteiger partial charge >= 0.3 is 0 Å². The predicted molar refractivity (Wildman–Crippen MR) is 81.9 cm³/mol. The van der Waals surface area contributed by atoms with E-state index >= 15 is 0 Å². The third-order valence-corrected chi connectivity index (χ3v) is 5.60. The number of hydrogen-bond acceptors (Lipinski definition) is 1. The third-order valence-electron chi connectivity index (χ3n) is 5.60. The summed E-state index contributed by atoms with van der Waals surface area (Å²) >= 11 is 0. The molecule has 2 aliphatic rings. The van der Waals surface area contributed by atoms with Gasteiger partial charge in [0, 0.05) is 5.92 Å². The van der Waals surface area contributed by atoms with Crippen molar-refractivity contribution in [1.29, 1.82) is 0 Å². The molecule has 110 valence electrons. The summed E-state index contributed by atoms with van der Waals surface area (Å²) < 4.78 is 6.06. The summed E-state index contributed by atoms with van der Waals surface area (Å²) in [6.45, 7) is 12.3. The highest BCUT2D eigenvalue weighted by Gasteiger charge is 2.27. The molecule has 2 aliphatic carbocycles. The van der Waals surface area contributed by atoms with Crippen molar-refractivity contribution in [2.45, 2.75) is 65.7 Å². The molecule has 0 aromatic heterocycles. The average Bonchev–Trinajstić information content (AvgIpc) is 2.39. The fraction of sp³-hybridized carbons (Fsp3) is 0.889. The first kappa shape index (κ1) is 14.9. The Labute approximate surface area is 119 Å². The van der Waals surface area contributed by atoms with Crippen molar-refractivity contribution in [2.24, 2.45) is 29.6 Å². The van der Waals surface area contributed by atoms with Crippen LogP contribution in [-0.4, -0.2) is 6.61 Å². The molecule has 2 rings (SSSR count). The summed E-state index contributed by atoms with van der Waals surface area (Å²) in [5.74, 6) is 5.08. The summed E-state index contributed by atoms with van der Waals surface area (Å²) in [4.78, 5) is 0. The summed E-state index contributed by atoms with van der Waals surface area (Å²) in [6.07, 6.45) is 9.41. The van der Waals surface area contributed by atoms with Crippen molar-refractivity contribution in [3.8, 4) is 0 Å². The van der Waals surface area contributed by atoms with Crippen LogP contribution >= 0.6 is 0 Å². The Morgan fingerprint density at radius 2 is 1.79 bits per heavy atom. The molecule has 0 saturated heterocycles. The Kier molecular flexibility index (Phi) is 5.36. The van der Waals surface area contributed by atoms with Crippen LogP contribution in [0.25, 0.3) is 0 Å². The van der Waals surface area contributed by atoms with E-state index in [0.29, 0.717) is 5.92 Å². The van der Waals surface area contributed by atoms with E-state index in [9.17, 15) is 0 Å². The lowest BCUT2D eigenvalue weighted by atomic mass is 9.75. The monoisotopic (exact) mass is 264 g/mol. The minimum atomic E-state index is 0.618. The molecule has 0 aromatic carbocycles. The molecule has 5 unspecified atom stereocenters. The molecule has 1 nitrogen and oxygen atoms in total. The quantitative estimate of drug-likeness (QED) is 0.616. The van der Waals surface area contributed by atoms with Crippen molar-refractivity contribution >= 4 is 0 Å². The van der Waals surface area contributed by atoms with E-state index < -0.39 is 0 Å². The highest BCUT2D eigenvalue weighted by atomic mass is 16.5. The van der Waals surface area contributed by atoms with Crippen molar-refractivity contribution in [2.75, 3.05) is 6.61 Å².